The van der Waals surface area contributed by atoms with E-state index >= 15 is 0 Å². The zero-order chi connectivity index (χ0) is 16.0. The molecule has 0 bridgehead atoms. The monoisotopic (exact) mass is 298 g/mol. The van der Waals surface area contributed by atoms with Crippen molar-refractivity contribution in [3.05, 3.63) is 0 Å². The molecule has 1 fully saturated rings. The first kappa shape index (κ1) is 18.4. The molecule has 2 atom stereocenters. The number of carbonyl (C=O) groups is 1. The predicted molar refractivity (Wildman–Crippen MR) is 87.1 cm³/mol. The Balaban J connectivity index is 2.52. The first-order valence-electron chi connectivity index (χ1n) is 8.46. The number of carbonyl (C=O) groups excluding carboxylic acids is 1. The summed E-state index contributed by atoms with van der Waals surface area (Å²) in [6.07, 6.45) is 3.04. The maximum Gasteiger partial charge on any atom is 0.243 e. The second-order valence-corrected chi connectivity index (χ2v) is 7.27. The zero-order valence-electron chi connectivity index (χ0n) is 14.7. The number of rotatable bonds is 9. The third kappa shape index (κ3) is 5.26. The lowest BCUT2D eigenvalue weighted by atomic mass is 9.99. The molecule has 1 aliphatic heterocycles. The van der Waals surface area contributed by atoms with E-state index in [1.807, 2.05) is 11.8 Å². The van der Waals surface area contributed by atoms with Gasteiger partial charge in [0.2, 0.25) is 5.91 Å². The lowest BCUT2D eigenvalue weighted by molar-refractivity contribution is -0.133. The van der Waals surface area contributed by atoms with Crippen molar-refractivity contribution in [1.29, 1.82) is 0 Å². The van der Waals surface area contributed by atoms with Crippen molar-refractivity contribution >= 4 is 5.91 Å². The van der Waals surface area contributed by atoms with Crippen molar-refractivity contribution in [1.82, 2.24) is 10.2 Å². The van der Waals surface area contributed by atoms with Crippen LogP contribution >= 0.6 is 0 Å². The molecule has 1 saturated heterocycles. The van der Waals surface area contributed by atoms with Crippen LogP contribution in [-0.2, 0) is 9.53 Å². The van der Waals surface area contributed by atoms with Crippen LogP contribution in [0.5, 0.6) is 0 Å². The van der Waals surface area contributed by atoms with Gasteiger partial charge >= 0.3 is 0 Å². The Morgan fingerprint density at radius 3 is 2.43 bits per heavy atom. The van der Waals surface area contributed by atoms with Crippen LogP contribution in [0.3, 0.4) is 0 Å². The number of hydrogen-bond donors (Lipinski definition) is 1. The van der Waals surface area contributed by atoms with Gasteiger partial charge in [-0.2, -0.15) is 0 Å². The summed E-state index contributed by atoms with van der Waals surface area (Å²) in [5.41, 5.74) is -0.405. The number of amides is 1. The molecule has 2 unspecified atom stereocenters. The third-order valence-electron chi connectivity index (χ3n) is 4.31. The molecule has 0 saturated carbocycles. The van der Waals surface area contributed by atoms with E-state index in [1.54, 1.807) is 0 Å². The predicted octanol–water partition coefficient (Wildman–Crippen LogP) is 3.02. The summed E-state index contributed by atoms with van der Waals surface area (Å²) in [4.78, 5) is 14.6. The Morgan fingerprint density at radius 2 is 1.90 bits per heavy atom. The third-order valence-corrected chi connectivity index (χ3v) is 4.31. The molecule has 0 radical (unpaired) electrons. The quantitative estimate of drug-likeness (QED) is 0.665. The van der Waals surface area contributed by atoms with Crippen molar-refractivity contribution in [2.45, 2.75) is 72.5 Å². The SMILES string of the molecule is CCC1(C)NC(CC(C)C)N(CCOCCC(C)C)C1=O. The normalized spacial score (nSPS) is 26.4. The van der Waals surface area contributed by atoms with Crippen LogP contribution in [0, 0.1) is 11.8 Å². The molecular weight excluding hydrogens is 264 g/mol. The highest BCUT2D eigenvalue weighted by molar-refractivity contribution is 5.88. The molecule has 21 heavy (non-hydrogen) atoms. The van der Waals surface area contributed by atoms with Gasteiger partial charge in [-0.05, 0) is 38.0 Å². The molecule has 1 amide bonds. The Morgan fingerprint density at radius 1 is 1.24 bits per heavy atom. The van der Waals surface area contributed by atoms with Crippen LogP contribution in [0.15, 0.2) is 0 Å². The minimum atomic E-state index is -0.405. The fourth-order valence-electron chi connectivity index (χ4n) is 2.69. The van der Waals surface area contributed by atoms with E-state index in [0.717, 1.165) is 25.9 Å². The maximum absolute atomic E-state index is 12.6. The van der Waals surface area contributed by atoms with E-state index in [2.05, 4.69) is 39.9 Å². The van der Waals surface area contributed by atoms with Crippen molar-refractivity contribution in [3.63, 3.8) is 0 Å². The minimum Gasteiger partial charge on any atom is -0.380 e. The highest BCUT2D eigenvalue weighted by Gasteiger charge is 2.46. The molecule has 124 valence electrons. The van der Waals surface area contributed by atoms with E-state index in [1.165, 1.54) is 0 Å². The molecule has 4 heteroatoms. The highest BCUT2D eigenvalue weighted by Crippen LogP contribution is 2.26. The van der Waals surface area contributed by atoms with Crippen LogP contribution in [0.25, 0.3) is 0 Å². The molecule has 0 aromatic carbocycles. The van der Waals surface area contributed by atoms with Crippen molar-refractivity contribution in [2.24, 2.45) is 11.8 Å². The van der Waals surface area contributed by atoms with Crippen LogP contribution in [0.2, 0.25) is 0 Å². The van der Waals surface area contributed by atoms with Crippen LogP contribution in [-0.4, -0.2) is 42.3 Å². The molecule has 1 rings (SSSR count). The molecule has 1 heterocycles. The van der Waals surface area contributed by atoms with Crippen LogP contribution in [0.4, 0.5) is 0 Å². The van der Waals surface area contributed by atoms with Gasteiger partial charge in [0, 0.05) is 13.2 Å². The first-order valence-corrected chi connectivity index (χ1v) is 8.46. The topological polar surface area (TPSA) is 41.6 Å². The minimum absolute atomic E-state index is 0.149. The lowest BCUT2D eigenvalue weighted by Crippen LogP contribution is -2.44. The van der Waals surface area contributed by atoms with Gasteiger partial charge in [0.1, 0.15) is 0 Å². The first-order chi connectivity index (χ1) is 9.80. The van der Waals surface area contributed by atoms with Gasteiger partial charge in [-0.1, -0.05) is 34.6 Å². The molecule has 0 aromatic rings. The molecule has 1 aliphatic rings. The van der Waals surface area contributed by atoms with Gasteiger partial charge in [-0.15, -0.1) is 0 Å². The summed E-state index contributed by atoms with van der Waals surface area (Å²) < 4.78 is 5.69. The smallest absolute Gasteiger partial charge is 0.243 e. The number of ether oxygens (including phenoxy) is 1. The summed E-state index contributed by atoms with van der Waals surface area (Å²) in [6, 6.07) is 0. The van der Waals surface area contributed by atoms with Crippen LogP contribution in [0.1, 0.15) is 60.8 Å². The van der Waals surface area contributed by atoms with Crippen molar-refractivity contribution in [2.75, 3.05) is 19.8 Å². The summed E-state index contributed by atoms with van der Waals surface area (Å²) in [5.74, 6) is 1.46. The van der Waals surface area contributed by atoms with Gasteiger partial charge in [0.25, 0.3) is 0 Å². The van der Waals surface area contributed by atoms with Gasteiger partial charge in [-0.25, -0.2) is 0 Å². The molecule has 1 N–H and O–H groups in total. The fraction of sp³-hybridized carbons (Fsp3) is 0.941. The van der Waals surface area contributed by atoms with E-state index in [-0.39, 0.29) is 12.1 Å². The largest absolute Gasteiger partial charge is 0.380 e. The Hall–Kier alpha value is -0.610. The molecular formula is C17H34N2O2. The summed E-state index contributed by atoms with van der Waals surface area (Å²) >= 11 is 0. The highest BCUT2D eigenvalue weighted by atomic mass is 16.5. The van der Waals surface area contributed by atoms with Gasteiger partial charge < -0.3 is 9.64 Å². The van der Waals surface area contributed by atoms with E-state index < -0.39 is 5.54 Å². The zero-order valence-corrected chi connectivity index (χ0v) is 14.7. The van der Waals surface area contributed by atoms with E-state index in [9.17, 15) is 4.79 Å². The van der Waals surface area contributed by atoms with Crippen LogP contribution < -0.4 is 5.32 Å². The van der Waals surface area contributed by atoms with Crippen molar-refractivity contribution in [3.8, 4) is 0 Å². The van der Waals surface area contributed by atoms with Gasteiger partial charge in [0.15, 0.2) is 0 Å². The average molecular weight is 298 g/mol. The molecule has 0 aromatic heterocycles. The Kier molecular flexibility index (Phi) is 7.14. The van der Waals surface area contributed by atoms with Crippen molar-refractivity contribution < 1.29 is 9.53 Å². The number of nitrogens with zero attached hydrogens (tertiary/aromatic N) is 1. The standard InChI is InChI=1S/C17H34N2O2/c1-7-17(6)16(20)19(15(18-17)12-14(4)5)9-11-21-10-8-13(2)3/h13-15,18H,7-12H2,1-6H3. The second-order valence-electron chi connectivity index (χ2n) is 7.27. The van der Waals surface area contributed by atoms with Gasteiger partial charge in [-0.3, -0.25) is 10.1 Å². The summed E-state index contributed by atoms with van der Waals surface area (Å²) in [7, 11) is 0. The second kappa shape index (κ2) is 8.14. The van der Waals surface area contributed by atoms with E-state index in [0.29, 0.717) is 25.0 Å². The Labute approximate surface area is 130 Å². The number of nitrogens with one attached hydrogen (secondary N) is 1. The van der Waals surface area contributed by atoms with Gasteiger partial charge in [0.05, 0.1) is 18.3 Å². The Bertz CT molecular complexity index is 331. The average Bonchev–Trinajstić information content (AvgIpc) is 2.62. The molecule has 0 aliphatic carbocycles. The lowest BCUT2D eigenvalue weighted by Gasteiger charge is -2.25. The number of hydrogen-bond acceptors (Lipinski definition) is 3. The summed E-state index contributed by atoms with van der Waals surface area (Å²) in [6.45, 7) is 15.0. The molecule has 4 nitrogen and oxygen atoms in total. The molecule has 0 spiro atoms. The fourth-order valence-corrected chi connectivity index (χ4v) is 2.69. The summed E-state index contributed by atoms with van der Waals surface area (Å²) in [5, 5.41) is 3.53. The maximum atomic E-state index is 12.6. The van der Waals surface area contributed by atoms with E-state index in [4.69, 9.17) is 4.74 Å².